The summed E-state index contributed by atoms with van der Waals surface area (Å²) >= 11 is 0. The zero-order valence-electron chi connectivity index (χ0n) is 15.4. The van der Waals surface area contributed by atoms with E-state index in [0.717, 1.165) is 12.0 Å². The maximum absolute atomic E-state index is 12.5. The molecule has 0 bridgehead atoms. The molecule has 7 nitrogen and oxygen atoms in total. The molecule has 0 unspecified atom stereocenters. The molecule has 2 N–H and O–H groups in total. The number of nitrogens with one attached hydrogen (secondary N) is 2. The van der Waals surface area contributed by atoms with Crippen LogP contribution in [0.25, 0.3) is 0 Å². The standard InChI is InChI=1S/C18H25N3O4S/c1-5-15(16-9-7-6-8-10-16)11-19-18(22)13(3)21-26(23,24)17-12(2)20-25-14(17)4/h6-10,13,15,21H,5,11H2,1-4H3,(H,19,22)/t13-,15+/m0/s1. The largest absolute Gasteiger partial charge is 0.360 e. The summed E-state index contributed by atoms with van der Waals surface area (Å²) in [7, 11) is -3.89. The van der Waals surface area contributed by atoms with Crippen LogP contribution in [-0.4, -0.2) is 32.1 Å². The predicted octanol–water partition coefficient (Wildman–Crippen LogP) is 2.27. The van der Waals surface area contributed by atoms with E-state index >= 15 is 0 Å². The van der Waals surface area contributed by atoms with E-state index in [1.54, 1.807) is 6.92 Å². The third-order valence-corrected chi connectivity index (χ3v) is 6.03. The van der Waals surface area contributed by atoms with Crippen molar-refractivity contribution < 1.29 is 17.7 Å². The molecule has 0 radical (unpaired) electrons. The zero-order valence-corrected chi connectivity index (χ0v) is 16.3. The molecule has 1 amide bonds. The molecule has 2 aromatic rings. The van der Waals surface area contributed by atoms with Gasteiger partial charge in [0.05, 0.1) is 6.04 Å². The number of carbonyl (C=O) groups excluding carboxylic acids is 1. The zero-order chi connectivity index (χ0) is 19.3. The van der Waals surface area contributed by atoms with Gasteiger partial charge in [-0.25, -0.2) is 8.42 Å². The van der Waals surface area contributed by atoms with E-state index in [4.69, 9.17) is 4.52 Å². The van der Waals surface area contributed by atoms with Gasteiger partial charge in [0.25, 0.3) is 0 Å². The molecule has 0 spiro atoms. The molecular formula is C18H25N3O4S. The second-order valence-corrected chi connectivity index (χ2v) is 7.91. The number of aromatic nitrogens is 1. The molecule has 2 rings (SSSR count). The van der Waals surface area contributed by atoms with Crippen LogP contribution in [0.15, 0.2) is 39.8 Å². The Morgan fingerprint density at radius 1 is 1.23 bits per heavy atom. The summed E-state index contributed by atoms with van der Waals surface area (Å²) in [4.78, 5) is 12.3. The summed E-state index contributed by atoms with van der Waals surface area (Å²) in [5.74, 6) is -0.0148. The van der Waals surface area contributed by atoms with Gasteiger partial charge in [-0.15, -0.1) is 0 Å². The first-order valence-electron chi connectivity index (χ1n) is 8.54. The van der Waals surface area contributed by atoms with Crippen molar-refractivity contribution in [3.8, 4) is 0 Å². The number of rotatable bonds is 8. The minimum Gasteiger partial charge on any atom is -0.360 e. The van der Waals surface area contributed by atoms with Crippen LogP contribution in [0.3, 0.4) is 0 Å². The second kappa shape index (κ2) is 8.46. The molecule has 26 heavy (non-hydrogen) atoms. The lowest BCUT2D eigenvalue weighted by Crippen LogP contribution is -2.45. The minimum absolute atomic E-state index is 0.0205. The molecule has 8 heteroatoms. The van der Waals surface area contributed by atoms with Crippen molar-refractivity contribution >= 4 is 15.9 Å². The van der Waals surface area contributed by atoms with Crippen molar-refractivity contribution in [2.24, 2.45) is 0 Å². The summed E-state index contributed by atoms with van der Waals surface area (Å²) in [6.45, 7) is 7.06. The van der Waals surface area contributed by atoms with Crippen LogP contribution in [0.1, 0.15) is 43.2 Å². The van der Waals surface area contributed by atoms with Gasteiger partial charge in [-0.05, 0) is 32.8 Å². The average molecular weight is 379 g/mol. The van der Waals surface area contributed by atoms with Gasteiger partial charge >= 0.3 is 0 Å². The summed E-state index contributed by atoms with van der Waals surface area (Å²) in [6, 6.07) is 8.98. The molecule has 0 fully saturated rings. The first-order chi connectivity index (χ1) is 12.3. The van der Waals surface area contributed by atoms with E-state index < -0.39 is 16.1 Å². The van der Waals surface area contributed by atoms with E-state index in [1.165, 1.54) is 13.8 Å². The summed E-state index contributed by atoms with van der Waals surface area (Å²) in [5.41, 5.74) is 1.40. The highest BCUT2D eigenvalue weighted by atomic mass is 32.2. The molecule has 0 aliphatic carbocycles. The number of hydrogen-bond donors (Lipinski definition) is 2. The normalized spacial score (nSPS) is 14.0. The van der Waals surface area contributed by atoms with E-state index in [-0.39, 0.29) is 28.2 Å². The number of nitrogens with zero attached hydrogens (tertiary/aromatic N) is 1. The minimum atomic E-state index is -3.89. The first kappa shape index (κ1) is 20.1. The highest BCUT2D eigenvalue weighted by Gasteiger charge is 2.28. The molecule has 142 valence electrons. The van der Waals surface area contributed by atoms with Crippen molar-refractivity contribution in [2.45, 2.75) is 51.0 Å². The Hall–Kier alpha value is -2.19. The van der Waals surface area contributed by atoms with E-state index in [1.807, 2.05) is 37.3 Å². The molecule has 0 saturated carbocycles. The smallest absolute Gasteiger partial charge is 0.246 e. The summed E-state index contributed by atoms with van der Waals surface area (Å²) in [5, 5.41) is 6.47. The third-order valence-electron chi connectivity index (χ3n) is 4.25. The maximum Gasteiger partial charge on any atom is 0.246 e. The molecule has 1 aromatic heterocycles. The third kappa shape index (κ3) is 4.70. The lowest BCUT2D eigenvalue weighted by molar-refractivity contribution is -0.122. The highest BCUT2D eigenvalue weighted by Crippen LogP contribution is 2.19. The Kier molecular flexibility index (Phi) is 6.55. The SMILES string of the molecule is CC[C@H](CNC(=O)[C@H](C)NS(=O)(=O)c1c(C)noc1C)c1ccccc1. The number of sulfonamides is 1. The van der Waals surface area contributed by atoms with Crippen molar-refractivity contribution in [1.29, 1.82) is 0 Å². The second-order valence-electron chi connectivity index (χ2n) is 6.26. The van der Waals surface area contributed by atoms with Gasteiger partial charge in [0.1, 0.15) is 10.6 Å². The molecule has 1 aromatic carbocycles. The lowest BCUT2D eigenvalue weighted by Gasteiger charge is -2.19. The van der Waals surface area contributed by atoms with Crippen LogP contribution >= 0.6 is 0 Å². The van der Waals surface area contributed by atoms with Gasteiger partial charge in [-0.2, -0.15) is 4.72 Å². The van der Waals surface area contributed by atoms with E-state index in [9.17, 15) is 13.2 Å². The fourth-order valence-electron chi connectivity index (χ4n) is 2.80. The van der Waals surface area contributed by atoms with Gasteiger partial charge in [0, 0.05) is 12.5 Å². The summed E-state index contributed by atoms with van der Waals surface area (Å²) < 4.78 is 32.2. The number of carbonyl (C=O) groups is 1. The number of amides is 1. The van der Waals surface area contributed by atoms with Crippen molar-refractivity contribution in [2.75, 3.05) is 6.54 Å². The lowest BCUT2D eigenvalue weighted by atomic mass is 9.96. The van der Waals surface area contributed by atoms with Crippen LogP contribution in [0, 0.1) is 13.8 Å². The van der Waals surface area contributed by atoms with Gasteiger partial charge in [0.15, 0.2) is 5.76 Å². The number of hydrogen-bond acceptors (Lipinski definition) is 5. The first-order valence-corrected chi connectivity index (χ1v) is 10.0. The number of benzene rings is 1. The Labute approximate surface area is 154 Å². The van der Waals surface area contributed by atoms with E-state index in [2.05, 4.69) is 15.2 Å². The molecule has 1 heterocycles. The van der Waals surface area contributed by atoms with Gasteiger partial charge in [-0.3, -0.25) is 4.79 Å². The molecular weight excluding hydrogens is 354 g/mol. The monoisotopic (exact) mass is 379 g/mol. The van der Waals surface area contributed by atoms with Gasteiger partial charge in [-0.1, -0.05) is 42.4 Å². The van der Waals surface area contributed by atoms with Crippen molar-refractivity contribution in [1.82, 2.24) is 15.2 Å². The Morgan fingerprint density at radius 2 is 1.88 bits per heavy atom. The van der Waals surface area contributed by atoms with Crippen LogP contribution in [-0.2, 0) is 14.8 Å². The Morgan fingerprint density at radius 3 is 2.42 bits per heavy atom. The molecule has 0 aliphatic rings. The molecule has 0 aliphatic heterocycles. The quantitative estimate of drug-likeness (QED) is 0.733. The van der Waals surface area contributed by atoms with Crippen LogP contribution < -0.4 is 10.0 Å². The summed E-state index contributed by atoms with van der Waals surface area (Å²) in [6.07, 6.45) is 0.865. The van der Waals surface area contributed by atoms with Crippen molar-refractivity contribution in [3.63, 3.8) is 0 Å². The van der Waals surface area contributed by atoms with Crippen LogP contribution in [0.2, 0.25) is 0 Å². The van der Waals surface area contributed by atoms with Gasteiger partial charge in [0.2, 0.25) is 15.9 Å². The van der Waals surface area contributed by atoms with Crippen molar-refractivity contribution in [3.05, 3.63) is 47.3 Å². The number of aryl methyl sites for hydroxylation is 2. The van der Waals surface area contributed by atoms with Gasteiger partial charge < -0.3 is 9.84 Å². The average Bonchev–Trinajstić information content (AvgIpc) is 2.95. The van der Waals surface area contributed by atoms with Crippen LogP contribution in [0.4, 0.5) is 0 Å². The highest BCUT2D eigenvalue weighted by molar-refractivity contribution is 7.89. The van der Waals surface area contributed by atoms with Crippen LogP contribution in [0.5, 0.6) is 0 Å². The Balaban J connectivity index is 1.99. The predicted molar refractivity (Wildman–Crippen MR) is 98.2 cm³/mol. The maximum atomic E-state index is 12.5. The Bertz CT molecular complexity index is 827. The molecule has 2 atom stereocenters. The fraction of sp³-hybridized carbons (Fsp3) is 0.444. The topological polar surface area (TPSA) is 101 Å². The van der Waals surface area contributed by atoms with E-state index in [0.29, 0.717) is 6.54 Å². The fourth-order valence-corrected chi connectivity index (χ4v) is 4.34. The molecule has 0 saturated heterocycles.